The van der Waals surface area contributed by atoms with Gasteiger partial charge in [-0.2, -0.15) is 10.2 Å². The van der Waals surface area contributed by atoms with Gasteiger partial charge in [0.2, 0.25) is 0 Å². The Balaban J connectivity index is 1.34. The van der Waals surface area contributed by atoms with Crippen molar-refractivity contribution in [1.29, 1.82) is 0 Å². The van der Waals surface area contributed by atoms with Gasteiger partial charge in [0.05, 0.1) is 41.2 Å². The van der Waals surface area contributed by atoms with E-state index in [1.165, 1.54) is 5.56 Å². The lowest BCUT2D eigenvalue weighted by Gasteiger charge is -2.26. The lowest BCUT2D eigenvalue weighted by atomic mass is 9.80. The summed E-state index contributed by atoms with van der Waals surface area (Å²) in [7, 11) is 0. The molecular formula is C35H39N5O3. The van der Waals surface area contributed by atoms with E-state index >= 15 is 0 Å². The number of aliphatic carboxylic acids is 1. The van der Waals surface area contributed by atoms with Crippen LogP contribution < -0.4 is 0 Å². The van der Waals surface area contributed by atoms with E-state index in [9.17, 15) is 15.0 Å². The highest BCUT2D eigenvalue weighted by Gasteiger charge is 2.28. The van der Waals surface area contributed by atoms with Gasteiger partial charge < -0.3 is 10.2 Å². The predicted molar refractivity (Wildman–Crippen MR) is 167 cm³/mol. The van der Waals surface area contributed by atoms with E-state index in [0.717, 1.165) is 63.3 Å². The third-order valence-corrected chi connectivity index (χ3v) is 8.94. The molecule has 1 saturated carbocycles. The van der Waals surface area contributed by atoms with Crippen LogP contribution in [0.15, 0.2) is 66.9 Å². The molecule has 6 rings (SSSR count). The number of hydrogen-bond donors (Lipinski definition) is 2. The lowest BCUT2D eigenvalue weighted by Crippen LogP contribution is -2.21. The van der Waals surface area contributed by atoms with E-state index in [4.69, 9.17) is 15.2 Å². The highest BCUT2D eigenvalue weighted by Crippen LogP contribution is 2.38. The van der Waals surface area contributed by atoms with Gasteiger partial charge in [-0.05, 0) is 69.2 Å². The molecule has 1 aliphatic carbocycles. The molecule has 0 aliphatic heterocycles. The molecule has 1 unspecified atom stereocenters. The Bertz CT molecular complexity index is 1760. The molecule has 3 aromatic heterocycles. The molecular weight excluding hydrogens is 538 g/mol. The molecule has 1 atom stereocenters. The van der Waals surface area contributed by atoms with Crippen LogP contribution in [0.25, 0.3) is 27.8 Å². The molecule has 2 N–H and O–H groups in total. The van der Waals surface area contributed by atoms with E-state index in [0.29, 0.717) is 25.3 Å². The number of carboxylic acid groups (broad SMARTS) is 1. The Hall–Kier alpha value is -4.30. The number of aliphatic hydroxyl groups excluding tert-OH is 1. The largest absolute Gasteiger partial charge is 0.481 e. The van der Waals surface area contributed by atoms with Gasteiger partial charge >= 0.3 is 5.97 Å². The summed E-state index contributed by atoms with van der Waals surface area (Å²) in [6.07, 6.45) is 4.47. The molecule has 0 saturated heterocycles. The van der Waals surface area contributed by atoms with Crippen molar-refractivity contribution >= 4 is 16.9 Å². The number of pyridine rings is 1. The summed E-state index contributed by atoms with van der Waals surface area (Å²) in [5.41, 5.74) is 8.81. The van der Waals surface area contributed by atoms with Gasteiger partial charge in [0.15, 0.2) is 0 Å². The van der Waals surface area contributed by atoms with Crippen molar-refractivity contribution in [3.8, 4) is 16.9 Å². The van der Waals surface area contributed by atoms with Crippen molar-refractivity contribution in [3.05, 3.63) is 95.1 Å². The summed E-state index contributed by atoms with van der Waals surface area (Å²) in [5.74, 6) is -0.386. The summed E-state index contributed by atoms with van der Waals surface area (Å²) < 4.78 is 3.84. The first-order valence-electron chi connectivity index (χ1n) is 15.2. The first-order chi connectivity index (χ1) is 20.7. The number of benzene rings is 2. The van der Waals surface area contributed by atoms with Crippen LogP contribution >= 0.6 is 0 Å². The van der Waals surface area contributed by atoms with Crippen LogP contribution in [-0.4, -0.2) is 40.7 Å². The van der Waals surface area contributed by atoms with Gasteiger partial charge in [-0.25, -0.2) is 4.68 Å². The maximum atomic E-state index is 11.4. The number of carbonyl (C=O) groups is 1. The highest BCUT2D eigenvalue weighted by molar-refractivity contribution is 5.94. The molecule has 8 nitrogen and oxygen atoms in total. The molecule has 8 heteroatoms. The quantitative estimate of drug-likeness (QED) is 0.203. The van der Waals surface area contributed by atoms with Gasteiger partial charge in [0, 0.05) is 40.0 Å². The second kappa shape index (κ2) is 11.8. The molecule has 5 aromatic rings. The van der Waals surface area contributed by atoms with Crippen LogP contribution in [-0.2, 0) is 11.3 Å². The van der Waals surface area contributed by atoms with E-state index in [2.05, 4.69) is 39.0 Å². The van der Waals surface area contributed by atoms with Crippen LogP contribution in [0.5, 0.6) is 0 Å². The van der Waals surface area contributed by atoms with Crippen LogP contribution in [0.4, 0.5) is 0 Å². The number of hydrogen-bond acceptors (Lipinski definition) is 5. The predicted octanol–water partition coefficient (Wildman–Crippen LogP) is 7.12. The van der Waals surface area contributed by atoms with Gasteiger partial charge in [-0.3, -0.25) is 14.5 Å². The summed E-state index contributed by atoms with van der Waals surface area (Å²) >= 11 is 0. The Kier molecular flexibility index (Phi) is 7.88. The van der Waals surface area contributed by atoms with Gasteiger partial charge in [0.1, 0.15) is 0 Å². The molecule has 1 fully saturated rings. The number of aryl methyl sites for hydroxylation is 1. The van der Waals surface area contributed by atoms with Crippen molar-refractivity contribution in [2.45, 2.75) is 77.9 Å². The molecule has 3 heterocycles. The van der Waals surface area contributed by atoms with Crippen molar-refractivity contribution in [1.82, 2.24) is 24.5 Å². The number of aromatic nitrogens is 5. The number of fused-ring (bicyclic) bond motifs is 1. The Morgan fingerprint density at radius 1 is 0.953 bits per heavy atom. The Labute approximate surface area is 252 Å². The molecule has 222 valence electrons. The minimum atomic E-state index is -0.684. The van der Waals surface area contributed by atoms with Gasteiger partial charge in [0.25, 0.3) is 0 Å². The molecule has 0 radical (unpaired) electrons. The van der Waals surface area contributed by atoms with Crippen molar-refractivity contribution in [2.24, 2.45) is 5.92 Å². The molecule has 43 heavy (non-hydrogen) atoms. The fraction of sp³-hybridized carbons (Fsp3) is 0.371. The normalized spacial score (nSPS) is 17.9. The molecule has 0 amide bonds. The van der Waals surface area contributed by atoms with Crippen LogP contribution in [0.1, 0.15) is 85.7 Å². The number of aliphatic hydroxyl groups is 1. The topological polar surface area (TPSA) is 106 Å². The number of nitrogens with zero attached hydrogens (tertiary/aromatic N) is 5. The maximum absolute atomic E-state index is 11.4. The van der Waals surface area contributed by atoms with E-state index in [1.54, 1.807) is 0 Å². The van der Waals surface area contributed by atoms with Crippen molar-refractivity contribution in [3.63, 3.8) is 0 Å². The zero-order chi connectivity index (χ0) is 30.2. The average Bonchev–Trinajstić information content (AvgIpc) is 3.57. The second-order valence-corrected chi connectivity index (χ2v) is 12.2. The molecule has 0 spiro atoms. The average molecular weight is 578 g/mol. The standard InChI is InChI=1S/C35H39N5O3/c1-21(2)33-23(4)40(31-18-17-29(36-22(31)3)24-13-15-26(16-14-24)35(42)43)38-34(33)27-11-8-12-30-28(27)19-39(37-30)20-32(41)25-9-6-5-7-10-25/h5-12,17-19,21,24,26,32,41H,13-16,20H2,1-4H3,(H,42,43). The highest BCUT2D eigenvalue weighted by atomic mass is 16.4. The first-order valence-corrected chi connectivity index (χ1v) is 15.2. The SMILES string of the molecule is Cc1nc(C2CCC(C(=O)O)CC2)ccc1-n1nc(-c2cccc3nn(CC(O)c4ccccc4)cc23)c(C(C)C)c1C. The van der Waals surface area contributed by atoms with Crippen LogP contribution in [0.3, 0.4) is 0 Å². The minimum absolute atomic E-state index is 0.235. The van der Waals surface area contributed by atoms with Crippen LogP contribution in [0.2, 0.25) is 0 Å². The third kappa shape index (κ3) is 5.59. The number of carboxylic acids is 1. The molecule has 2 aromatic carbocycles. The first kappa shape index (κ1) is 28.8. The van der Waals surface area contributed by atoms with Crippen molar-refractivity contribution < 1.29 is 15.0 Å². The van der Waals surface area contributed by atoms with Crippen molar-refractivity contribution in [2.75, 3.05) is 0 Å². The summed E-state index contributed by atoms with van der Waals surface area (Å²) in [6.45, 7) is 8.89. The monoisotopic (exact) mass is 577 g/mol. The third-order valence-electron chi connectivity index (χ3n) is 8.94. The smallest absolute Gasteiger partial charge is 0.306 e. The van der Waals surface area contributed by atoms with E-state index in [-0.39, 0.29) is 11.8 Å². The van der Waals surface area contributed by atoms with E-state index < -0.39 is 12.1 Å². The lowest BCUT2D eigenvalue weighted by molar-refractivity contribution is -0.142. The summed E-state index contributed by atoms with van der Waals surface area (Å²) in [5, 5.41) is 31.2. The van der Waals surface area contributed by atoms with Crippen LogP contribution in [0, 0.1) is 19.8 Å². The fourth-order valence-electron chi connectivity index (χ4n) is 6.65. The molecule has 1 aliphatic rings. The van der Waals surface area contributed by atoms with E-state index in [1.807, 2.05) is 64.9 Å². The molecule has 0 bridgehead atoms. The Morgan fingerprint density at radius 3 is 2.37 bits per heavy atom. The minimum Gasteiger partial charge on any atom is -0.481 e. The number of rotatable bonds is 8. The fourth-order valence-corrected chi connectivity index (χ4v) is 6.65. The summed E-state index contributed by atoms with van der Waals surface area (Å²) in [4.78, 5) is 16.4. The zero-order valence-electron chi connectivity index (χ0n) is 25.2. The van der Waals surface area contributed by atoms with Gasteiger partial charge in [-0.15, -0.1) is 0 Å². The Morgan fingerprint density at radius 2 is 1.70 bits per heavy atom. The zero-order valence-corrected chi connectivity index (χ0v) is 25.2. The summed E-state index contributed by atoms with van der Waals surface area (Å²) in [6, 6.07) is 20.0. The van der Waals surface area contributed by atoms with Gasteiger partial charge in [-0.1, -0.05) is 56.3 Å². The maximum Gasteiger partial charge on any atom is 0.306 e. The second-order valence-electron chi connectivity index (χ2n) is 12.2.